The summed E-state index contributed by atoms with van der Waals surface area (Å²) in [5, 5.41) is 15.5. The third-order valence-electron chi connectivity index (χ3n) is 5.76. The van der Waals surface area contributed by atoms with E-state index in [1.54, 1.807) is 0 Å². The molecule has 0 amide bonds. The molecule has 0 radical (unpaired) electrons. The molecular weight excluding hydrogens is 439 g/mol. The summed E-state index contributed by atoms with van der Waals surface area (Å²) in [5.41, 5.74) is 0.504. The number of aryl methyl sites for hydroxylation is 2. The standard InChI is InChI=1S/C19H34N6.HI/c1-5-20-18(22-16-8-10-19(3,4)11-9-16)21-12-15-6-7-17-24-23-14(2)25(17)13-15;/h15-16H,5-13H2,1-4H3,(H2,20,21,22);1H. The first-order valence-electron chi connectivity index (χ1n) is 9.90. The third kappa shape index (κ3) is 5.57. The van der Waals surface area contributed by atoms with Crippen molar-refractivity contribution in [2.24, 2.45) is 16.3 Å². The molecule has 3 rings (SSSR count). The molecule has 6 nitrogen and oxygen atoms in total. The molecule has 7 heteroatoms. The fraction of sp³-hybridized carbons (Fsp3) is 0.842. The summed E-state index contributed by atoms with van der Waals surface area (Å²) in [6.07, 6.45) is 7.24. The first-order chi connectivity index (χ1) is 12.0. The molecule has 1 fully saturated rings. The van der Waals surface area contributed by atoms with Crippen molar-refractivity contribution in [3.05, 3.63) is 11.6 Å². The van der Waals surface area contributed by atoms with E-state index < -0.39 is 0 Å². The SMILES string of the molecule is CCNC(=NCC1CCc2nnc(C)n2C1)NC1CCC(C)(C)CC1.I. The van der Waals surface area contributed by atoms with Gasteiger partial charge in [0, 0.05) is 32.1 Å². The van der Waals surface area contributed by atoms with Crippen molar-refractivity contribution in [1.82, 2.24) is 25.4 Å². The highest BCUT2D eigenvalue weighted by atomic mass is 127. The minimum Gasteiger partial charge on any atom is -0.357 e. The highest BCUT2D eigenvalue weighted by molar-refractivity contribution is 14.0. The number of rotatable bonds is 4. The first kappa shape index (κ1) is 21.4. The van der Waals surface area contributed by atoms with E-state index in [2.05, 4.69) is 46.2 Å². The Bertz CT molecular complexity index is 599. The normalized spacial score (nSPS) is 23.1. The Morgan fingerprint density at radius 3 is 2.65 bits per heavy atom. The van der Waals surface area contributed by atoms with Gasteiger partial charge in [0.25, 0.3) is 0 Å². The number of hydrogen-bond acceptors (Lipinski definition) is 3. The van der Waals surface area contributed by atoms with Crippen molar-refractivity contribution in [3.63, 3.8) is 0 Å². The molecule has 0 aromatic carbocycles. The van der Waals surface area contributed by atoms with Gasteiger partial charge in [-0.15, -0.1) is 34.2 Å². The van der Waals surface area contributed by atoms with Gasteiger partial charge >= 0.3 is 0 Å². The van der Waals surface area contributed by atoms with Gasteiger partial charge in [-0.2, -0.15) is 0 Å². The summed E-state index contributed by atoms with van der Waals surface area (Å²) in [5.74, 6) is 3.72. The Morgan fingerprint density at radius 1 is 1.23 bits per heavy atom. The lowest BCUT2D eigenvalue weighted by atomic mass is 9.75. The second kappa shape index (κ2) is 9.37. The van der Waals surface area contributed by atoms with Crippen molar-refractivity contribution in [1.29, 1.82) is 0 Å². The summed E-state index contributed by atoms with van der Waals surface area (Å²) >= 11 is 0. The number of halogens is 1. The Kier molecular flexibility index (Phi) is 7.73. The molecule has 2 N–H and O–H groups in total. The maximum Gasteiger partial charge on any atom is 0.191 e. The van der Waals surface area contributed by atoms with Gasteiger partial charge in [-0.3, -0.25) is 4.99 Å². The van der Waals surface area contributed by atoms with Crippen molar-refractivity contribution >= 4 is 29.9 Å². The second-order valence-corrected chi connectivity index (χ2v) is 8.48. The van der Waals surface area contributed by atoms with E-state index in [1.165, 1.54) is 25.7 Å². The van der Waals surface area contributed by atoms with Crippen LogP contribution in [0.5, 0.6) is 0 Å². The molecule has 2 heterocycles. The van der Waals surface area contributed by atoms with E-state index >= 15 is 0 Å². The molecule has 1 saturated carbocycles. The molecule has 0 bridgehead atoms. The van der Waals surface area contributed by atoms with Crippen LogP contribution in [0.1, 0.15) is 64.5 Å². The number of aliphatic imine (C=N–C) groups is 1. The maximum atomic E-state index is 4.89. The second-order valence-electron chi connectivity index (χ2n) is 8.48. The van der Waals surface area contributed by atoms with Crippen molar-refractivity contribution < 1.29 is 0 Å². The van der Waals surface area contributed by atoms with Crippen LogP contribution < -0.4 is 10.6 Å². The van der Waals surface area contributed by atoms with Crippen LogP contribution in [0.25, 0.3) is 0 Å². The Balaban J connectivity index is 0.00000243. The molecule has 1 aliphatic carbocycles. The zero-order valence-electron chi connectivity index (χ0n) is 16.7. The average Bonchev–Trinajstić information content (AvgIpc) is 2.95. The number of nitrogens with one attached hydrogen (secondary N) is 2. The lowest BCUT2D eigenvalue weighted by molar-refractivity contribution is 0.216. The third-order valence-corrected chi connectivity index (χ3v) is 5.76. The molecule has 1 unspecified atom stereocenters. The van der Waals surface area contributed by atoms with E-state index in [1.807, 2.05) is 6.92 Å². The van der Waals surface area contributed by atoms with Crippen LogP contribution in [0, 0.1) is 18.3 Å². The van der Waals surface area contributed by atoms with Crippen molar-refractivity contribution in [3.8, 4) is 0 Å². The first-order valence-corrected chi connectivity index (χ1v) is 9.90. The average molecular weight is 474 g/mol. The lowest BCUT2D eigenvalue weighted by Crippen LogP contribution is -2.46. The van der Waals surface area contributed by atoms with Gasteiger partial charge in [-0.05, 0) is 57.3 Å². The Labute approximate surface area is 175 Å². The van der Waals surface area contributed by atoms with Gasteiger partial charge in [0.2, 0.25) is 0 Å². The zero-order valence-corrected chi connectivity index (χ0v) is 19.0. The van der Waals surface area contributed by atoms with E-state index in [0.717, 1.165) is 50.1 Å². The van der Waals surface area contributed by atoms with E-state index in [-0.39, 0.29) is 24.0 Å². The summed E-state index contributed by atoms with van der Waals surface area (Å²) < 4.78 is 2.26. The number of guanidine groups is 1. The summed E-state index contributed by atoms with van der Waals surface area (Å²) in [4.78, 5) is 4.89. The maximum absolute atomic E-state index is 4.89. The quantitative estimate of drug-likeness (QED) is 0.399. The molecule has 0 saturated heterocycles. The smallest absolute Gasteiger partial charge is 0.191 e. The summed E-state index contributed by atoms with van der Waals surface area (Å²) in [6.45, 7) is 11.7. The van der Waals surface area contributed by atoms with E-state index in [9.17, 15) is 0 Å². The van der Waals surface area contributed by atoms with Gasteiger partial charge in [0.1, 0.15) is 11.6 Å². The molecular formula is C19H35IN6. The molecule has 26 heavy (non-hydrogen) atoms. The minimum absolute atomic E-state index is 0. The molecule has 1 aromatic heterocycles. The van der Waals surface area contributed by atoms with Crippen LogP contribution in [0.3, 0.4) is 0 Å². The van der Waals surface area contributed by atoms with Crippen LogP contribution in [0.2, 0.25) is 0 Å². The van der Waals surface area contributed by atoms with Gasteiger partial charge < -0.3 is 15.2 Å². The fourth-order valence-electron chi connectivity index (χ4n) is 3.96. The van der Waals surface area contributed by atoms with Crippen molar-refractivity contribution in [2.75, 3.05) is 13.1 Å². The van der Waals surface area contributed by atoms with Crippen LogP contribution in [0.15, 0.2) is 4.99 Å². The predicted molar refractivity (Wildman–Crippen MR) is 117 cm³/mol. The van der Waals surface area contributed by atoms with Crippen molar-refractivity contribution in [2.45, 2.75) is 78.8 Å². The molecule has 2 aliphatic rings. The molecule has 0 spiro atoms. The number of hydrogen-bond donors (Lipinski definition) is 2. The lowest BCUT2D eigenvalue weighted by Gasteiger charge is -2.35. The van der Waals surface area contributed by atoms with E-state index in [4.69, 9.17) is 4.99 Å². The van der Waals surface area contributed by atoms with E-state index in [0.29, 0.717) is 17.4 Å². The zero-order chi connectivity index (χ0) is 17.9. The summed E-state index contributed by atoms with van der Waals surface area (Å²) in [6, 6.07) is 0.559. The van der Waals surface area contributed by atoms with Gasteiger partial charge in [0.05, 0.1) is 0 Å². The fourth-order valence-corrected chi connectivity index (χ4v) is 3.96. The number of fused-ring (bicyclic) bond motifs is 1. The largest absolute Gasteiger partial charge is 0.357 e. The van der Waals surface area contributed by atoms with Crippen LogP contribution in [-0.4, -0.2) is 39.9 Å². The topological polar surface area (TPSA) is 67.1 Å². The molecule has 1 atom stereocenters. The monoisotopic (exact) mass is 474 g/mol. The van der Waals surface area contributed by atoms with Crippen LogP contribution in [0.4, 0.5) is 0 Å². The molecule has 1 aromatic rings. The van der Waals surface area contributed by atoms with Gasteiger partial charge in [-0.25, -0.2) is 0 Å². The molecule has 1 aliphatic heterocycles. The predicted octanol–water partition coefficient (Wildman–Crippen LogP) is 3.29. The number of aromatic nitrogens is 3. The van der Waals surface area contributed by atoms with Gasteiger partial charge in [0.15, 0.2) is 5.96 Å². The van der Waals surface area contributed by atoms with Crippen LogP contribution >= 0.6 is 24.0 Å². The number of nitrogens with zero attached hydrogens (tertiary/aromatic N) is 4. The Morgan fingerprint density at radius 2 is 1.96 bits per heavy atom. The highest BCUT2D eigenvalue weighted by Crippen LogP contribution is 2.34. The minimum atomic E-state index is 0. The highest BCUT2D eigenvalue weighted by Gasteiger charge is 2.27. The van der Waals surface area contributed by atoms with Crippen LogP contribution in [-0.2, 0) is 13.0 Å². The summed E-state index contributed by atoms with van der Waals surface area (Å²) in [7, 11) is 0. The Hall–Kier alpha value is -0.860. The molecule has 148 valence electrons. The van der Waals surface area contributed by atoms with Gasteiger partial charge in [-0.1, -0.05) is 13.8 Å².